The molecule has 3 aromatic carbocycles. The standard InChI is InChI=1S/C29H33Cl2N3O4S/c1-21(2)18-32-29(36)27(17-22-9-5-4-6-10-22)33(19-23-11-7-8-12-26(23)31)28(35)20-34(39(3,37)38)25-15-13-24(30)14-16-25/h4-16,21,27H,17-20H2,1-3H3,(H,32,36)/t27-/m0/s1. The Bertz CT molecular complexity index is 1370. The van der Waals surface area contributed by atoms with Gasteiger partial charge in [-0.3, -0.25) is 13.9 Å². The Morgan fingerprint density at radius 1 is 0.897 bits per heavy atom. The van der Waals surface area contributed by atoms with Gasteiger partial charge in [0, 0.05) is 29.6 Å². The zero-order valence-corrected chi connectivity index (χ0v) is 24.5. The lowest BCUT2D eigenvalue weighted by Crippen LogP contribution is -2.53. The summed E-state index contributed by atoms with van der Waals surface area (Å²) in [5, 5.41) is 3.82. The number of hydrogen-bond donors (Lipinski definition) is 1. The minimum absolute atomic E-state index is 0.0172. The van der Waals surface area contributed by atoms with Crippen LogP contribution in [0.15, 0.2) is 78.9 Å². The Morgan fingerprint density at radius 3 is 2.10 bits per heavy atom. The molecule has 0 spiro atoms. The van der Waals surface area contributed by atoms with Crippen LogP contribution in [0.3, 0.4) is 0 Å². The Labute approximate surface area is 240 Å². The average molecular weight is 591 g/mol. The summed E-state index contributed by atoms with van der Waals surface area (Å²) < 4.78 is 26.6. The van der Waals surface area contributed by atoms with Crippen molar-refractivity contribution in [3.8, 4) is 0 Å². The normalized spacial score (nSPS) is 12.2. The van der Waals surface area contributed by atoms with Crippen molar-refractivity contribution in [1.29, 1.82) is 0 Å². The molecule has 7 nitrogen and oxygen atoms in total. The van der Waals surface area contributed by atoms with Crippen LogP contribution >= 0.6 is 23.2 Å². The average Bonchev–Trinajstić information content (AvgIpc) is 2.89. The molecule has 0 bridgehead atoms. The van der Waals surface area contributed by atoms with Crippen molar-refractivity contribution in [3.05, 3.63) is 100 Å². The number of nitrogens with one attached hydrogen (secondary N) is 1. The highest BCUT2D eigenvalue weighted by molar-refractivity contribution is 7.92. The van der Waals surface area contributed by atoms with E-state index in [9.17, 15) is 18.0 Å². The fourth-order valence-electron chi connectivity index (χ4n) is 4.01. The molecule has 3 rings (SSSR count). The molecule has 2 amide bonds. The number of sulfonamides is 1. The van der Waals surface area contributed by atoms with E-state index in [1.54, 1.807) is 36.4 Å². The summed E-state index contributed by atoms with van der Waals surface area (Å²) in [4.78, 5) is 29.0. The number of carbonyl (C=O) groups excluding carboxylic acids is 2. The molecule has 1 N–H and O–H groups in total. The molecule has 39 heavy (non-hydrogen) atoms. The van der Waals surface area contributed by atoms with Gasteiger partial charge in [-0.15, -0.1) is 0 Å². The lowest BCUT2D eigenvalue weighted by atomic mass is 10.0. The first-order chi connectivity index (χ1) is 18.5. The Hall–Kier alpha value is -3.07. The van der Waals surface area contributed by atoms with Crippen LogP contribution in [0.2, 0.25) is 10.0 Å². The Morgan fingerprint density at radius 2 is 1.51 bits per heavy atom. The molecule has 0 aromatic heterocycles. The van der Waals surface area contributed by atoms with Gasteiger partial charge < -0.3 is 10.2 Å². The van der Waals surface area contributed by atoms with Crippen LogP contribution in [0.25, 0.3) is 0 Å². The second-order valence-electron chi connectivity index (χ2n) is 9.70. The third-order valence-electron chi connectivity index (χ3n) is 6.05. The van der Waals surface area contributed by atoms with E-state index in [0.29, 0.717) is 22.2 Å². The molecule has 0 aliphatic heterocycles. The summed E-state index contributed by atoms with van der Waals surface area (Å²) in [6, 6.07) is 21.7. The number of benzene rings is 3. The van der Waals surface area contributed by atoms with Crippen molar-refractivity contribution in [1.82, 2.24) is 10.2 Å². The predicted octanol–water partition coefficient (Wildman–Crippen LogP) is 5.17. The van der Waals surface area contributed by atoms with Crippen LogP contribution in [-0.2, 0) is 32.6 Å². The molecule has 208 valence electrons. The predicted molar refractivity (Wildman–Crippen MR) is 157 cm³/mol. The number of carbonyl (C=O) groups is 2. The van der Waals surface area contributed by atoms with Crippen LogP contribution < -0.4 is 9.62 Å². The number of halogens is 2. The van der Waals surface area contributed by atoms with Gasteiger partial charge in [-0.25, -0.2) is 8.42 Å². The molecular formula is C29H33Cl2N3O4S. The fourth-order valence-corrected chi connectivity index (χ4v) is 5.18. The smallest absolute Gasteiger partial charge is 0.244 e. The molecule has 0 radical (unpaired) electrons. The third-order valence-corrected chi connectivity index (χ3v) is 7.81. The maximum Gasteiger partial charge on any atom is 0.244 e. The summed E-state index contributed by atoms with van der Waals surface area (Å²) in [7, 11) is -3.85. The summed E-state index contributed by atoms with van der Waals surface area (Å²) in [5.74, 6) is -0.675. The molecule has 1 atom stereocenters. The van der Waals surface area contributed by atoms with E-state index in [4.69, 9.17) is 23.2 Å². The van der Waals surface area contributed by atoms with Crippen molar-refractivity contribution in [2.24, 2.45) is 5.92 Å². The van der Waals surface area contributed by atoms with Gasteiger partial charge in [-0.1, -0.05) is 85.6 Å². The lowest BCUT2D eigenvalue weighted by Gasteiger charge is -2.34. The topological polar surface area (TPSA) is 86.8 Å². The third kappa shape index (κ3) is 8.98. The summed E-state index contributed by atoms with van der Waals surface area (Å²) in [5.41, 5.74) is 1.79. The highest BCUT2D eigenvalue weighted by Gasteiger charge is 2.33. The van der Waals surface area contributed by atoms with E-state index < -0.39 is 28.5 Å². The van der Waals surface area contributed by atoms with Crippen molar-refractivity contribution in [2.75, 3.05) is 23.7 Å². The number of nitrogens with zero attached hydrogens (tertiary/aromatic N) is 2. The number of rotatable bonds is 12. The molecule has 0 fully saturated rings. The Balaban J connectivity index is 2.05. The zero-order valence-electron chi connectivity index (χ0n) is 22.2. The van der Waals surface area contributed by atoms with Gasteiger partial charge in [0.1, 0.15) is 12.6 Å². The number of hydrogen-bond acceptors (Lipinski definition) is 4. The van der Waals surface area contributed by atoms with Crippen molar-refractivity contribution in [3.63, 3.8) is 0 Å². The van der Waals surface area contributed by atoms with Crippen LogP contribution in [0.1, 0.15) is 25.0 Å². The minimum Gasteiger partial charge on any atom is -0.354 e. The maximum atomic E-state index is 14.0. The van der Waals surface area contributed by atoms with Gasteiger partial charge in [-0.05, 0) is 47.4 Å². The maximum absolute atomic E-state index is 14.0. The van der Waals surface area contributed by atoms with Gasteiger partial charge in [0.05, 0.1) is 11.9 Å². The highest BCUT2D eigenvalue weighted by atomic mass is 35.5. The first-order valence-electron chi connectivity index (χ1n) is 12.5. The lowest BCUT2D eigenvalue weighted by molar-refractivity contribution is -0.140. The first kappa shape index (κ1) is 30.5. The zero-order chi connectivity index (χ0) is 28.6. The monoisotopic (exact) mass is 589 g/mol. The molecule has 0 aliphatic carbocycles. The van der Waals surface area contributed by atoms with Gasteiger partial charge in [0.15, 0.2) is 0 Å². The van der Waals surface area contributed by atoms with Gasteiger partial charge in [0.25, 0.3) is 0 Å². The van der Waals surface area contributed by atoms with Gasteiger partial charge >= 0.3 is 0 Å². The largest absolute Gasteiger partial charge is 0.354 e. The fraction of sp³-hybridized carbons (Fsp3) is 0.310. The molecule has 0 unspecified atom stereocenters. The van der Waals surface area contributed by atoms with E-state index in [0.717, 1.165) is 16.1 Å². The molecule has 0 aliphatic rings. The van der Waals surface area contributed by atoms with Crippen molar-refractivity contribution >= 4 is 50.7 Å². The molecule has 10 heteroatoms. The van der Waals surface area contributed by atoms with E-state index >= 15 is 0 Å². The number of anilines is 1. The molecular weight excluding hydrogens is 557 g/mol. The van der Waals surface area contributed by atoms with Crippen molar-refractivity contribution in [2.45, 2.75) is 32.9 Å². The number of amides is 2. The summed E-state index contributed by atoms with van der Waals surface area (Å²) in [6.45, 7) is 3.90. The second-order valence-corrected chi connectivity index (χ2v) is 12.5. The van der Waals surface area contributed by atoms with Gasteiger partial charge in [0.2, 0.25) is 21.8 Å². The SMILES string of the molecule is CC(C)CNC(=O)[C@H](Cc1ccccc1)N(Cc1ccccc1Cl)C(=O)CN(c1ccc(Cl)cc1)S(C)(=O)=O. The van der Waals surface area contributed by atoms with Gasteiger partial charge in [-0.2, -0.15) is 0 Å². The quantitative estimate of drug-likeness (QED) is 0.315. The first-order valence-corrected chi connectivity index (χ1v) is 15.1. The van der Waals surface area contributed by atoms with E-state index in [1.807, 2.05) is 44.2 Å². The van der Waals surface area contributed by atoms with E-state index in [-0.39, 0.29) is 30.5 Å². The summed E-state index contributed by atoms with van der Waals surface area (Å²) >= 11 is 12.4. The molecule has 0 heterocycles. The molecule has 0 saturated carbocycles. The van der Waals surface area contributed by atoms with E-state index in [2.05, 4.69) is 5.32 Å². The van der Waals surface area contributed by atoms with Crippen LogP contribution in [0, 0.1) is 5.92 Å². The molecule has 0 saturated heterocycles. The van der Waals surface area contributed by atoms with Crippen molar-refractivity contribution < 1.29 is 18.0 Å². The Kier molecular flexibility index (Phi) is 10.8. The molecule has 3 aromatic rings. The summed E-state index contributed by atoms with van der Waals surface area (Å²) in [6.07, 6.45) is 1.27. The second kappa shape index (κ2) is 13.8. The van der Waals surface area contributed by atoms with Crippen LogP contribution in [0.4, 0.5) is 5.69 Å². The van der Waals surface area contributed by atoms with Crippen LogP contribution in [-0.4, -0.2) is 50.5 Å². The minimum atomic E-state index is -3.85. The van der Waals surface area contributed by atoms with E-state index in [1.165, 1.54) is 17.0 Å². The van der Waals surface area contributed by atoms with Crippen LogP contribution in [0.5, 0.6) is 0 Å². The highest BCUT2D eigenvalue weighted by Crippen LogP contribution is 2.24.